The van der Waals surface area contributed by atoms with Gasteiger partial charge in [0, 0.05) is 27.2 Å². The van der Waals surface area contributed by atoms with Crippen LogP contribution in [0, 0.1) is 17.0 Å². The van der Waals surface area contributed by atoms with Crippen molar-refractivity contribution in [2.75, 3.05) is 5.73 Å². The average molecular weight is 325 g/mol. The molecule has 7 heteroatoms. The Hall–Kier alpha value is -1.92. The summed E-state index contributed by atoms with van der Waals surface area (Å²) in [4.78, 5) is 11.1. The van der Waals surface area contributed by atoms with E-state index >= 15 is 0 Å². The number of nitro benzene ring substituents is 1. The van der Waals surface area contributed by atoms with Crippen LogP contribution in [0.5, 0.6) is 0 Å². The minimum absolute atomic E-state index is 0.0395. The molecule has 110 valence electrons. The Morgan fingerprint density at radius 2 is 2.05 bits per heavy atom. The van der Waals surface area contributed by atoms with Crippen molar-refractivity contribution in [2.24, 2.45) is 0 Å². The number of hydrogen-bond acceptors (Lipinski definition) is 4. The van der Waals surface area contributed by atoms with E-state index in [1.807, 2.05) is 0 Å². The summed E-state index contributed by atoms with van der Waals surface area (Å²) < 4.78 is 12.4. The Balaban J connectivity index is 2.36. The van der Waals surface area contributed by atoms with Crippen molar-refractivity contribution in [2.45, 2.75) is 17.6 Å². The van der Waals surface area contributed by atoms with E-state index < -0.39 is 15.7 Å². The van der Waals surface area contributed by atoms with Gasteiger partial charge in [-0.05, 0) is 36.8 Å². The molecule has 2 aromatic rings. The summed E-state index contributed by atoms with van der Waals surface area (Å²) >= 11 is 5.76. The maximum absolute atomic E-state index is 12.4. The number of benzene rings is 2. The molecule has 0 saturated heterocycles. The maximum Gasteiger partial charge on any atom is 0.275 e. The molecule has 2 aromatic carbocycles. The fraction of sp³-hybridized carbons (Fsp3) is 0.143. The van der Waals surface area contributed by atoms with Crippen LogP contribution < -0.4 is 5.73 Å². The van der Waals surface area contributed by atoms with Crippen LogP contribution in [0.15, 0.2) is 41.3 Å². The zero-order chi connectivity index (χ0) is 15.6. The first-order valence-electron chi connectivity index (χ1n) is 6.06. The lowest BCUT2D eigenvalue weighted by Crippen LogP contribution is -2.03. The molecule has 1 atom stereocenters. The molecule has 0 fully saturated rings. The van der Waals surface area contributed by atoms with Gasteiger partial charge in [-0.1, -0.05) is 17.7 Å². The molecule has 0 heterocycles. The van der Waals surface area contributed by atoms with Crippen LogP contribution >= 0.6 is 11.6 Å². The van der Waals surface area contributed by atoms with Gasteiger partial charge < -0.3 is 5.73 Å². The van der Waals surface area contributed by atoms with E-state index in [-0.39, 0.29) is 16.5 Å². The molecular weight excluding hydrogens is 312 g/mol. The van der Waals surface area contributed by atoms with E-state index in [0.29, 0.717) is 16.1 Å². The first kappa shape index (κ1) is 15.5. The zero-order valence-electron chi connectivity index (χ0n) is 11.2. The molecule has 0 amide bonds. The van der Waals surface area contributed by atoms with E-state index in [9.17, 15) is 14.3 Å². The Morgan fingerprint density at radius 1 is 1.33 bits per heavy atom. The molecule has 2 N–H and O–H groups in total. The van der Waals surface area contributed by atoms with E-state index in [1.54, 1.807) is 31.2 Å². The number of nitro groups is 1. The van der Waals surface area contributed by atoms with E-state index in [2.05, 4.69) is 0 Å². The van der Waals surface area contributed by atoms with Crippen molar-refractivity contribution in [1.29, 1.82) is 0 Å². The standard InChI is InChI=1S/C14H13ClN2O3S/c1-9-12(16)3-2-4-14(9)21(20)8-10-5-6-11(15)7-13(10)17(18)19/h2-7H,8,16H2,1H3. The van der Waals surface area contributed by atoms with Crippen LogP contribution in [0.1, 0.15) is 11.1 Å². The molecule has 0 saturated carbocycles. The lowest BCUT2D eigenvalue weighted by Gasteiger charge is -2.08. The molecular formula is C14H13ClN2O3S. The molecule has 1 unspecified atom stereocenters. The Kier molecular flexibility index (Phi) is 4.59. The van der Waals surface area contributed by atoms with Crippen molar-refractivity contribution in [3.63, 3.8) is 0 Å². The van der Waals surface area contributed by atoms with Gasteiger partial charge in [-0.2, -0.15) is 0 Å². The number of nitrogens with two attached hydrogens (primary N) is 1. The lowest BCUT2D eigenvalue weighted by molar-refractivity contribution is -0.385. The smallest absolute Gasteiger partial charge is 0.275 e. The quantitative estimate of drug-likeness (QED) is 0.530. The number of hydrogen-bond donors (Lipinski definition) is 1. The number of rotatable bonds is 4. The SMILES string of the molecule is Cc1c(N)cccc1S(=O)Cc1ccc(Cl)cc1[N+](=O)[O-]. The lowest BCUT2D eigenvalue weighted by atomic mass is 10.2. The molecule has 0 aliphatic rings. The molecule has 0 aliphatic carbocycles. The largest absolute Gasteiger partial charge is 0.398 e. The van der Waals surface area contributed by atoms with Gasteiger partial charge in [0.2, 0.25) is 0 Å². The second kappa shape index (κ2) is 6.24. The summed E-state index contributed by atoms with van der Waals surface area (Å²) in [5, 5.41) is 11.3. The van der Waals surface area contributed by atoms with Crippen LogP contribution in [0.3, 0.4) is 0 Å². The van der Waals surface area contributed by atoms with Crippen molar-refractivity contribution < 1.29 is 9.13 Å². The number of anilines is 1. The van der Waals surface area contributed by atoms with E-state index in [4.69, 9.17) is 17.3 Å². The summed E-state index contributed by atoms with van der Waals surface area (Å²) in [5.74, 6) is 0.0395. The summed E-state index contributed by atoms with van der Waals surface area (Å²) in [6.07, 6.45) is 0. The zero-order valence-corrected chi connectivity index (χ0v) is 12.8. The minimum atomic E-state index is -1.42. The highest BCUT2D eigenvalue weighted by molar-refractivity contribution is 7.84. The third-order valence-corrected chi connectivity index (χ3v) is 4.84. The topological polar surface area (TPSA) is 86.2 Å². The van der Waals surface area contributed by atoms with Gasteiger partial charge in [-0.25, -0.2) is 0 Å². The summed E-state index contributed by atoms with van der Waals surface area (Å²) in [6, 6.07) is 9.49. The third-order valence-electron chi connectivity index (χ3n) is 3.10. The predicted octanol–water partition coefficient (Wildman–Crippen LogP) is 3.45. The highest BCUT2D eigenvalue weighted by atomic mass is 35.5. The molecule has 0 aliphatic heterocycles. The number of halogens is 1. The molecule has 0 radical (unpaired) electrons. The first-order chi connectivity index (χ1) is 9.90. The molecule has 0 bridgehead atoms. The Labute approximate surface area is 129 Å². The van der Waals surface area contributed by atoms with Gasteiger partial charge >= 0.3 is 0 Å². The van der Waals surface area contributed by atoms with Crippen molar-refractivity contribution >= 4 is 33.8 Å². The van der Waals surface area contributed by atoms with Gasteiger partial charge in [0.1, 0.15) is 0 Å². The molecule has 2 rings (SSSR count). The van der Waals surface area contributed by atoms with Crippen molar-refractivity contribution in [3.8, 4) is 0 Å². The van der Waals surface area contributed by atoms with Gasteiger partial charge in [-0.3, -0.25) is 14.3 Å². The second-order valence-electron chi connectivity index (χ2n) is 4.49. The van der Waals surface area contributed by atoms with Crippen LogP contribution in [0.4, 0.5) is 11.4 Å². The van der Waals surface area contributed by atoms with Crippen molar-refractivity contribution in [1.82, 2.24) is 0 Å². The van der Waals surface area contributed by atoms with Crippen LogP contribution in [-0.2, 0) is 16.6 Å². The monoisotopic (exact) mass is 324 g/mol. The number of nitrogen functional groups attached to an aromatic ring is 1. The van der Waals surface area contributed by atoms with Gasteiger partial charge in [0.15, 0.2) is 0 Å². The first-order valence-corrected chi connectivity index (χ1v) is 7.76. The summed E-state index contributed by atoms with van der Waals surface area (Å²) in [5.41, 5.74) is 7.32. The molecule has 0 spiro atoms. The normalized spacial score (nSPS) is 12.1. The average Bonchev–Trinajstić information content (AvgIpc) is 2.43. The maximum atomic E-state index is 12.4. The van der Waals surface area contributed by atoms with E-state index in [0.717, 1.165) is 5.56 Å². The highest BCUT2D eigenvalue weighted by Gasteiger charge is 2.18. The van der Waals surface area contributed by atoms with Gasteiger partial charge in [0.05, 0.1) is 21.5 Å². The third kappa shape index (κ3) is 3.40. The minimum Gasteiger partial charge on any atom is -0.398 e. The molecule has 5 nitrogen and oxygen atoms in total. The second-order valence-corrected chi connectivity index (χ2v) is 6.35. The van der Waals surface area contributed by atoms with Crippen LogP contribution in [0.2, 0.25) is 5.02 Å². The fourth-order valence-corrected chi connectivity index (χ4v) is 3.46. The fourth-order valence-electron chi connectivity index (χ4n) is 1.93. The summed E-state index contributed by atoms with van der Waals surface area (Å²) in [7, 11) is -1.42. The molecule has 21 heavy (non-hydrogen) atoms. The molecule has 0 aromatic heterocycles. The summed E-state index contributed by atoms with van der Waals surface area (Å²) in [6.45, 7) is 1.78. The Bertz CT molecular complexity index is 734. The number of nitrogens with zero attached hydrogens (tertiary/aromatic N) is 1. The predicted molar refractivity (Wildman–Crippen MR) is 83.8 cm³/mol. The highest BCUT2D eigenvalue weighted by Crippen LogP contribution is 2.27. The van der Waals surface area contributed by atoms with Gasteiger partial charge in [-0.15, -0.1) is 0 Å². The van der Waals surface area contributed by atoms with Crippen molar-refractivity contribution in [3.05, 3.63) is 62.7 Å². The Morgan fingerprint density at radius 3 is 2.71 bits per heavy atom. The van der Waals surface area contributed by atoms with Crippen LogP contribution in [-0.4, -0.2) is 9.13 Å². The van der Waals surface area contributed by atoms with Crippen LogP contribution in [0.25, 0.3) is 0 Å². The van der Waals surface area contributed by atoms with E-state index in [1.165, 1.54) is 12.1 Å². The van der Waals surface area contributed by atoms with Gasteiger partial charge in [0.25, 0.3) is 5.69 Å².